The Labute approximate surface area is 213 Å². The molecule has 0 amide bonds. The van der Waals surface area contributed by atoms with Crippen LogP contribution in [0.2, 0.25) is 10.0 Å². The van der Waals surface area contributed by atoms with Crippen molar-refractivity contribution in [1.29, 1.82) is 0 Å². The first-order valence-corrected chi connectivity index (χ1v) is 12.3. The number of benzene rings is 2. The number of imidazole rings is 1. The summed E-state index contributed by atoms with van der Waals surface area (Å²) in [5.41, 5.74) is 3.79. The van der Waals surface area contributed by atoms with E-state index in [0.29, 0.717) is 45.3 Å². The third-order valence-electron chi connectivity index (χ3n) is 6.64. The van der Waals surface area contributed by atoms with E-state index in [2.05, 4.69) is 22.2 Å². The maximum atomic E-state index is 11.8. The minimum absolute atomic E-state index is 0.133. The normalized spacial score (nSPS) is 14.6. The highest BCUT2D eigenvalue weighted by Crippen LogP contribution is 2.34. The van der Waals surface area contributed by atoms with E-state index in [-0.39, 0.29) is 11.9 Å². The molecule has 9 heteroatoms. The van der Waals surface area contributed by atoms with Crippen LogP contribution in [-0.4, -0.2) is 36.6 Å². The Morgan fingerprint density at radius 2 is 1.97 bits per heavy atom. The minimum Gasteiger partial charge on any atom is -0.475 e. The number of aromatic nitrogens is 4. The van der Waals surface area contributed by atoms with Crippen molar-refractivity contribution in [3.8, 4) is 11.4 Å². The summed E-state index contributed by atoms with van der Waals surface area (Å²) in [5, 5.41) is 14.2. The number of halogens is 2. The number of nitrogens with one attached hydrogen (secondary N) is 1. The fourth-order valence-corrected chi connectivity index (χ4v) is 4.95. The lowest BCUT2D eigenvalue weighted by Crippen LogP contribution is -2.31. The van der Waals surface area contributed by atoms with Gasteiger partial charge >= 0.3 is 5.97 Å². The van der Waals surface area contributed by atoms with Gasteiger partial charge < -0.3 is 15.0 Å². The molecule has 35 heavy (non-hydrogen) atoms. The zero-order chi connectivity index (χ0) is 24.7. The van der Waals surface area contributed by atoms with Gasteiger partial charge in [0, 0.05) is 21.7 Å². The second-order valence-corrected chi connectivity index (χ2v) is 9.97. The van der Waals surface area contributed by atoms with Crippen molar-refractivity contribution in [1.82, 2.24) is 19.5 Å². The Morgan fingerprint density at radius 3 is 2.63 bits per heavy atom. The van der Waals surface area contributed by atoms with Gasteiger partial charge in [-0.25, -0.2) is 19.7 Å². The molecule has 1 saturated carbocycles. The summed E-state index contributed by atoms with van der Waals surface area (Å²) >= 11 is 12.7. The van der Waals surface area contributed by atoms with E-state index in [1.165, 1.54) is 6.42 Å². The molecule has 2 aromatic heterocycles. The Morgan fingerprint density at radius 1 is 1.17 bits per heavy atom. The maximum absolute atomic E-state index is 11.8. The zero-order valence-corrected chi connectivity index (χ0v) is 20.9. The number of carboxylic acids is 1. The quantitative estimate of drug-likeness (QED) is 0.297. The third-order valence-corrected chi connectivity index (χ3v) is 7.22. The SMILES string of the molecule is Cc1cccc(-c2nc3nc(C(=O)O)nc(NC(C)C4CCC4)c3n2Cc2ccc(Cl)cc2Cl)c1. The number of carboxylic acid groups (broad SMARTS) is 1. The predicted octanol–water partition coefficient (Wildman–Crippen LogP) is 6.46. The van der Waals surface area contributed by atoms with E-state index >= 15 is 0 Å². The summed E-state index contributed by atoms with van der Waals surface area (Å²) in [7, 11) is 0. The summed E-state index contributed by atoms with van der Waals surface area (Å²) in [6.45, 7) is 4.51. The van der Waals surface area contributed by atoms with E-state index in [1.807, 2.05) is 41.8 Å². The van der Waals surface area contributed by atoms with Crippen LogP contribution in [0, 0.1) is 12.8 Å². The highest BCUT2D eigenvalue weighted by molar-refractivity contribution is 6.35. The second kappa shape index (κ2) is 9.47. The van der Waals surface area contributed by atoms with Gasteiger partial charge in [0.25, 0.3) is 0 Å². The summed E-state index contributed by atoms with van der Waals surface area (Å²) in [5.74, 6) is 0.158. The van der Waals surface area contributed by atoms with Crippen molar-refractivity contribution in [3.05, 3.63) is 69.5 Å². The first kappa shape index (κ1) is 23.6. The van der Waals surface area contributed by atoms with Crippen LogP contribution in [0.15, 0.2) is 42.5 Å². The molecule has 180 valence electrons. The molecule has 1 fully saturated rings. The number of hydrogen-bond donors (Lipinski definition) is 2. The average Bonchev–Trinajstić information content (AvgIpc) is 3.13. The van der Waals surface area contributed by atoms with Crippen LogP contribution in [0.4, 0.5) is 5.82 Å². The largest absolute Gasteiger partial charge is 0.475 e. The Hall–Kier alpha value is -3.16. The van der Waals surface area contributed by atoms with E-state index < -0.39 is 5.97 Å². The Bertz CT molecular complexity index is 1430. The van der Waals surface area contributed by atoms with Crippen LogP contribution in [0.1, 0.15) is 47.9 Å². The molecule has 4 aromatic rings. The highest BCUT2D eigenvalue weighted by atomic mass is 35.5. The molecule has 1 unspecified atom stereocenters. The number of nitrogens with zero attached hydrogens (tertiary/aromatic N) is 4. The summed E-state index contributed by atoms with van der Waals surface area (Å²) < 4.78 is 2.00. The van der Waals surface area contributed by atoms with Gasteiger partial charge in [-0.1, -0.05) is 59.5 Å². The molecule has 1 aliphatic carbocycles. The van der Waals surface area contributed by atoms with Crippen molar-refractivity contribution < 1.29 is 9.90 Å². The molecule has 2 heterocycles. The van der Waals surface area contributed by atoms with Gasteiger partial charge in [0.15, 0.2) is 11.5 Å². The molecule has 2 aromatic carbocycles. The average molecular weight is 510 g/mol. The molecule has 0 radical (unpaired) electrons. The molecular weight excluding hydrogens is 485 g/mol. The first-order valence-electron chi connectivity index (χ1n) is 11.6. The molecule has 0 spiro atoms. The molecule has 5 rings (SSSR count). The number of anilines is 1. The van der Waals surface area contributed by atoms with Crippen molar-refractivity contribution in [2.24, 2.45) is 5.92 Å². The van der Waals surface area contributed by atoms with E-state index in [1.54, 1.807) is 12.1 Å². The summed E-state index contributed by atoms with van der Waals surface area (Å²) in [6.07, 6.45) is 3.49. The third kappa shape index (κ3) is 4.70. The van der Waals surface area contributed by atoms with Gasteiger partial charge in [0.2, 0.25) is 5.82 Å². The number of aromatic carboxylic acids is 1. The standard InChI is InChI=1S/C26H25Cl2N5O2/c1-14-5-3-8-17(11-14)25-32-23-21(33(25)13-18-9-10-19(27)12-20(18)28)22(30-24(31-23)26(34)35)29-15(2)16-6-4-7-16/h3,5,8-12,15-16H,4,6-7,13H2,1-2H3,(H,34,35)(H,29,30,31). The number of fused-ring (bicyclic) bond motifs is 1. The topological polar surface area (TPSA) is 92.9 Å². The smallest absolute Gasteiger partial charge is 0.374 e. The summed E-state index contributed by atoms with van der Waals surface area (Å²) in [4.78, 5) is 25.3. The molecule has 1 atom stereocenters. The summed E-state index contributed by atoms with van der Waals surface area (Å²) in [6, 6.07) is 13.5. The van der Waals surface area contributed by atoms with Gasteiger partial charge in [-0.3, -0.25) is 0 Å². The van der Waals surface area contributed by atoms with Crippen LogP contribution >= 0.6 is 23.2 Å². The zero-order valence-electron chi connectivity index (χ0n) is 19.4. The van der Waals surface area contributed by atoms with Crippen LogP contribution in [-0.2, 0) is 6.54 Å². The van der Waals surface area contributed by atoms with Crippen molar-refractivity contribution in [2.75, 3.05) is 5.32 Å². The van der Waals surface area contributed by atoms with Crippen LogP contribution in [0.3, 0.4) is 0 Å². The van der Waals surface area contributed by atoms with Crippen molar-refractivity contribution in [3.63, 3.8) is 0 Å². The molecule has 0 aliphatic heterocycles. The maximum Gasteiger partial charge on any atom is 0.374 e. The lowest BCUT2D eigenvalue weighted by atomic mass is 9.80. The lowest BCUT2D eigenvalue weighted by Gasteiger charge is -2.32. The molecule has 7 nitrogen and oxygen atoms in total. The Balaban J connectivity index is 1.73. The number of carbonyl (C=O) groups is 1. The second-order valence-electron chi connectivity index (χ2n) is 9.12. The van der Waals surface area contributed by atoms with Gasteiger partial charge in [-0.05, 0) is 56.4 Å². The number of aryl methyl sites for hydroxylation is 1. The monoisotopic (exact) mass is 509 g/mol. The van der Waals surface area contributed by atoms with E-state index in [9.17, 15) is 9.90 Å². The molecule has 0 saturated heterocycles. The van der Waals surface area contributed by atoms with Crippen molar-refractivity contribution >= 4 is 46.2 Å². The van der Waals surface area contributed by atoms with Crippen LogP contribution in [0.5, 0.6) is 0 Å². The molecule has 2 N–H and O–H groups in total. The molecule has 1 aliphatic rings. The van der Waals surface area contributed by atoms with Crippen molar-refractivity contribution in [2.45, 2.75) is 45.7 Å². The predicted molar refractivity (Wildman–Crippen MR) is 138 cm³/mol. The molecular formula is C26H25Cl2N5O2. The lowest BCUT2D eigenvalue weighted by molar-refractivity contribution is 0.0684. The van der Waals surface area contributed by atoms with E-state index in [4.69, 9.17) is 28.2 Å². The van der Waals surface area contributed by atoms with Crippen LogP contribution in [0.25, 0.3) is 22.6 Å². The molecule has 0 bridgehead atoms. The van der Waals surface area contributed by atoms with Crippen LogP contribution < -0.4 is 5.32 Å². The first-order chi connectivity index (χ1) is 16.8. The number of rotatable bonds is 7. The van der Waals surface area contributed by atoms with Gasteiger partial charge in [-0.2, -0.15) is 0 Å². The fraction of sp³-hybridized carbons (Fsp3) is 0.308. The minimum atomic E-state index is -1.20. The van der Waals surface area contributed by atoms with Gasteiger partial charge in [-0.15, -0.1) is 0 Å². The fourth-order valence-electron chi connectivity index (χ4n) is 4.48. The Kier molecular flexibility index (Phi) is 6.38. The van der Waals surface area contributed by atoms with E-state index in [0.717, 1.165) is 29.5 Å². The highest BCUT2D eigenvalue weighted by Gasteiger charge is 2.27. The van der Waals surface area contributed by atoms with Gasteiger partial charge in [0.1, 0.15) is 11.3 Å². The van der Waals surface area contributed by atoms with Gasteiger partial charge in [0.05, 0.1) is 6.54 Å². The number of hydrogen-bond acceptors (Lipinski definition) is 5.